The number of amides is 1. The van der Waals surface area contributed by atoms with Gasteiger partial charge in [0.2, 0.25) is 0 Å². The van der Waals surface area contributed by atoms with Crippen molar-refractivity contribution in [3.8, 4) is 0 Å². The number of ether oxygens (including phenoxy) is 1. The lowest BCUT2D eigenvalue weighted by Crippen LogP contribution is -2.39. The third-order valence-corrected chi connectivity index (χ3v) is 3.10. The first-order valence-corrected chi connectivity index (χ1v) is 6.11. The van der Waals surface area contributed by atoms with Crippen molar-refractivity contribution < 1.29 is 9.53 Å². The molecule has 1 saturated heterocycles. The van der Waals surface area contributed by atoms with Crippen LogP contribution in [-0.2, 0) is 4.74 Å². The zero-order chi connectivity index (χ0) is 13.1. The topological polar surface area (TPSA) is 55.6 Å². The minimum absolute atomic E-state index is 0.00134. The summed E-state index contributed by atoms with van der Waals surface area (Å²) in [4.78, 5) is 13.7. The fourth-order valence-electron chi connectivity index (χ4n) is 2.14. The highest BCUT2D eigenvalue weighted by atomic mass is 16.6. The van der Waals surface area contributed by atoms with Crippen LogP contribution in [0.2, 0.25) is 0 Å². The quantitative estimate of drug-likeness (QED) is 0.769. The van der Waals surface area contributed by atoms with Crippen LogP contribution in [0.25, 0.3) is 0 Å². The average molecular weight is 240 g/mol. The number of hydrogen-bond acceptors (Lipinski definition) is 3. The first-order chi connectivity index (χ1) is 7.82. The highest BCUT2D eigenvalue weighted by Gasteiger charge is 2.39. The summed E-state index contributed by atoms with van der Waals surface area (Å²) in [6, 6.07) is 0. The van der Waals surface area contributed by atoms with E-state index in [0.717, 1.165) is 19.4 Å². The van der Waals surface area contributed by atoms with Crippen molar-refractivity contribution in [3.63, 3.8) is 0 Å². The predicted molar refractivity (Wildman–Crippen MR) is 68.7 cm³/mol. The molecule has 0 aliphatic carbocycles. The second-order valence-corrected chi connectivity index (χ2v) is 5.85. The molecular weight excluding hydrogens is 216 g/mol. The number of carbonyl (C=O) groups excluding carboxylic acids is 1. The van der Waals surface area contributed by atoms with E-state index in [1.165, 1.54) is 0 Å². The fraction of sp³-hybridized carbons (Fsp3) is 0.769. The Labute approximate surface area is 104 Å². The first kappa shape index (κ1) is 14.0. The van der Waals surface area contributed by atoms with Crippen LogP contribution in [0.1, 0.15) is 33.6 Å². The number of nitrogens with two attached hydrogens (primary N) is 1. The van der Waals surface area contributed by atoms with Crippen molar-refractivity contribution >= 4 is 6.09 Å². The van der Waals surface area contributed by atoms with Crippen LogP contribution in [0.5, 0.6) is 0 Å². The molecule has 1 rings (SSSR count). The number of rotatable bonds is 3. The Bertz CT molecular complexity index is 296. The van der Waals surface area contributed by atoms with Crippen molar-refractivity contribution in [3.05, 3.63) is 12.7 Å². The van der Waals surface area contributed by atoms with Crippen LogP contribution in [-0.4, -0.2) is 36.2 Å². The maximum atomic E-state index is 11.9. The van der Waals surface area contributed by atoms with Gasteiger partial charge >= 0.3 is 6.09 Å². The molecule has 0 radical (unpaired) electrons. The number of carbonyl (C=O) groups is 1. The number of allylic oxidation sites excluding steroid dienone is 1. The van der Waals surface area contributed by atoms with Gasteiger partial charge in [0.1, 0.15) is 5.60 Å². The van der Waals surface area contributed by atoms with E-state index in [0.29, 0.717) is 13.1 Å². The van der Waals surface area contributed by atoms with Gasteiger partial charge in [-0.25, -0.2) is 4.79 Å². The summed E-state index contributed by atoms with van der Waals surface area (Å²) in [7, 11) is 0. The van der Waals surface area contributed by atoms with Gasteiger partial charge in [-0.3, -0.25) is 0 Å². The van der Waals surface area contributed by atoms with Crippen LogP contribution in [0.3, 0.4) is 0 Å². The third-order valence-electron chi connectivity index (χ3n) is 3.10. The lowest BCUT2D eigenvalue weighted by molar-refractivity contribution is 0.0274. The maximum Gasteiger partial charge on any atom is 0.410 e. The summed E-state index contributed by atoms with van der Waals surface area (Å²) in [6.45, 7) is 11.4. The Balaban J connectivity index is 2.60. The normalized spacial score (nSPS) is 24.8. The van der Waals surface area contributed by atoms with Gasteiger partial charge in [0.05, 0.1) is 0 Å². The summed E-state index contributed by atoms with van der Waals surface area (Å²) in [5, 5.41) is 0. The lowest BCUT2D eigenvalue weighted by atomic mass is 9.84. The van der Waals surface area contributed by atoms with E-state index in [1.807, 2.05) is 26.8 Å². The van der Waals surface area contributed by atoms with Crippen molar-refractivity contribution in [2.24, 2.45) is 11.1 Å². The van der Waals surface area contributed by atoms with Crippen molar-refractivity contribution in [2.75, 3.05) is 19.6 Å². The molecule has 0 spiro atoms. The standard InChI is InChI=1S/C13H24N2O2/c1-5-6-13(9-14)7-8-15(10-13)11(16)17-12(2,3)4/h5H,1,6-10,14H2,2-4H3. The number of hydrogen-bond donors (Lipinski definition) is 1. The Hall–Kier alpha value is -1.03. The van der Waals surface area contributed by atoms with Crippen LogP contribution < -0.4 is 5.73 Å². The molecule has 4 heteroatoms. The molecule has 0 aromatic rings. The van der Waals surface area contributed by atoms with Gasteiger partial charge in [-0.1, -0.05) is 6.08 Å². The van der Waals surface area contributed by atoms with Gasteiger partial charge in [0.25, 0.3) is 0 Å². The minimum atomic E-state index is -0.441. The van der Waals surface area contributed by atoms with E-state index in [1.54, 1.807) is 4.90 Å². The molecule has 0 aromatic heterocycles. The van der Waals surface area contributed by atoms with Gasteiger partial charge in [-0.05, 0) is 33.6 Å². The molecule has 0 aromatic carbocycles. The summed E-state index contributed by atoms with van der Waals surface area (Å²) in [5.41, 5.74) is 5.38. The van der Waals surface area contributed by atoms with Gasteiger partial charge in [0, 0.05) is 25.0 Å². The minimum Gasteiger partial charge on any atom is -0.444 e. The Morgan fingerprint density at radius 3 is 2.71 bits per heavy atom. The predicted octanol–water partition coefficient (Wildman–Crippen LogP) is 2.15. The number of likely N-dealkylation sites (tertiary alicyclic amines) is 1. The van der Waals surface area contributed by atoms with Gasteiger partial charge < -0.3 is 15.4 Å². The third kappa shape index (κ3) is 3.73. The van der Waals surface area contributed by atoms with Gasteiger partial charge in [-0.2, -0.15) is 0 Å². The largest absolute Gasteiger partial charge is 0.444 e. The van der Waals surface area contributed by atoms with E-state index < -0.39 is 5.60 Å². The summed E-state index contributed by atoms with van der Waals surface area (Å²) in [6.07, 6.45) is 3.42. The van der Waals surface area contributed by atoms with Crippen LogP contribution in [0.4, 0.5) is 4.79 Å². The molecule has 0 bridgehead atoms. The molecule has 4 nitrogen and oxygen atoms in total. The molecule has 2 N–H and O–H groups in total. The zero-order valence-electron chi connectivity index (χ0n) is 11.2. The van der Waals surface area contributed by atoms with E-state index >= 15 is 0 Å². The average Bonchev–Trinajstić information content (AvgIpc) is 2.61. The zero-order valence-corrected chi connectivity index (χ0v) is 11.2. The van der Waals surface area contributed by atoms with Crippen molar-refractivity contribution in [2.45, 2.75) is 39.2 Å². The SMILES string of the molecule is C=CCC1(CN)CCN(C(=O)OC(C)(C)C)C1. The second kappa shape index (κ2) is 5.08. The summed E-state index contributed by atoms with van der Waals surface area (Å²) < 4.78 is 5.36. The van der Waals surface area contributed by atoms with Crippen LogP contribution >= 0.6 is 0 Å². The summed E-state index contributed by atoms with van der Waals surface area (Å²) in [5.74, 6) is 0. The van der Waals surface area contributed by atoms with E-state index in [4.69, 9.17) is 10.5 Å². The maximum absolute atomic E-state index is 11.9. The Morgan fingerprint density at radius 1 is 1.59 bits per heavy atom. The molecule has 1 aliphatic heterocycles. The molecule has 1 heterocycles. The first-order valence-electron chi connectivity index (χ1n) is 6.11. The molecule has 17 heavy (non-hydrogen) atoms. The van der Waals surface area contributed by atoms with Gasteiger partial charge in [0.15, 0.2) is 0 Å². The monoisotopic (exact) mass is 240 g/mol. The Morgan fingerprint density at radius 2 is 2.24 bits per heavy atom. The molecule has 1 atom stereocenters. The van der Waals surface area contributed by atoms with Crippen LogP contribution in [0.15, 0.2) is 12.7 Å². The molecule has 98 valence electrons. The molecule has 1 unspecified atom stereocenters. The lowest BCUT2D eigenvalue weighted by Gasteiger charge is -2.28. The summed E-state index contributed by atoms with van der Waals surface area (Å²) >= 11 is 0. The van der Waals surface area contributed by atoms with E-state index in [9.17, 15) is 4.79 Å². The number of nitrogens with zero attached hydrogens (tertiary/aromatic N) is 1. The fourth-order valence-corrected chi connectivity index (χ4v) is 2.14. The highest BCUT2D eigenvalue weighted by molar-refractivity contribution is 5.68. The molecule has 1 amide bonds. The second-order valence-electron chi connectivity index (χ2n) is 5.85. The smallest absolute Gasteiger partial charge is 0.410 e. The highest BCUT2D eigenvalue weighted by Crippen LogP contribution is 2.33. The molecule has 0 saturated carbocycles. The van der Waals surface area contributed by atoms with Crippen LogP contribution in [0, 0.1) is 5.41 Å². The van der Waals surface area contributed by atoms with Gasteiger partial charge in [-0.15, -0.1) is 6.58 Å². The van der Waals surface area contributed by atoms with E-state index in [-0.39, 0.29) is 11.5 Å². The van der Waals surface area contributed by atoms with E-state index in [2.05, 4.69) is 6.58 Å². The van der Waals surface area contributed by atoms with Crippen molar-refractivity contribution in [1.82, 2.24) is 4.90 Å². The molecule has 1 aliphatic rings. The molecule has 1 fully saturated rings. The molecular formula is C13H24N2O2. The van der Waals surface area contributed by atoms with Crippen molar-refractivity contribution in [1.29, 1.82) is 0 Å². The Kier molecular flexibility index (Phi) is 4.20.